The van der Waals surface area contributed by atoms with Crippen molar-refractivity contribution in [1.29, 1.82) is 0 Å². The average Bonchev–Trinajstić information content (AvgIpc) is 1.61. The van der Waals surface area contributed by atoms with Gasteiger partial charge < -0.3 is 5.11 Å². The van der Waals surface area contributed by atoms with E-state index in [9.17, 15) is 4.79 Å². The first-order valence-electron chi connectivity index (χ1n) is 2.65. The van der Waals surface area contributed by atoms with E-state index in [0.717, 1.165) is 13.0 Å². The fourth-order valence-electron chi connectivity index (χ4n) is 0.828. The standard InChI is InChI=1S/C5H9NO2.ClH/c1-6-3-2-4(6)5(7)8;/h4H,2-3H2,1H3,(H,7,8);1H/t4-;/m0./s1. The molecule has 1 aliphatic heterocycles. The lowest BCUT2D eigenvalue weighted by molar-refractivity contribution is -0.146. The van der Waals surface area contributed by atoms with Crippen LogP contribution in [-0.4, -0.2) is 35.6 Å². The molecule has 0 amide bonds. The van der Waals surface area contributed by atoms with Crippen LogP contribution in [-0.2, 0) is 4.79 Å². The predicted octanol–water partition coefficient (Wildman–Crippen LogP) is 0.197. The van der Waals surface area contributed by atoms with Crippen LogP contribution in [0.2, 0.25) is 0 Å². The number of hydrogen-bond acceptors (Lipinski definition) is 2. The number of halogens is 1. The van der Waals surface area contributed by atoms with Gasteiger partial charge in [-0.15, -0.1) is 12.4 Å². The normalized spacial score (nSPS) is 26.1. The summed E-state index contributed by atoms with van der Waals surface area (Å²) in [5.74, 6) is -0.696. The highest BCUT2D eigenvalue weighted by atomic mass is 35.5. The summed E-state index contributed by atoms with van der Waals surface area (Å²) in [6, 6.07) is -0.199. The number of rotatable bonds is 1. The molecule has 1 atom stereocenters. The Balaban J connectivity index is 0.000000640. The third-order valence-corrected chi connectivity index (χ3v) is 1.57. The van der Waals surface area contributed by atoms with Gasteiger partial charge in [-0.05, 0) is 13.5 Å². The Morgan fingerprint density at radius 3 is 2.33 bits per heavy atom. The number of aliphatic carboxylic acids is 1. The molecule has 0 aromatic rings. The summed E-state index contributed by atoms with van der Waals surface area (Å²) in [5, 5.41) is 8.36. The van der Waals surface area contributed by atoms with Crippen LogP contribution in [0, 0.1) is 0 Å². The number of carbonyl (C=O) groups is 1. The SMILES string of the molecule is CN1CC[C@H]1C(=O)O.Cl. The van der Waals surface area contributed by atoms with Gasteiger partial charge in [-0.2, -0.15) is 0 Å². The fourth-order valence-corrected chi connectivity index (χ4v) is 0.828. The van der Waals surface area contributed by atoms with E-state index in [-0.39, 0.29) is 18.4 Å². The highest BCUT2D eigenvalue weighted by Gasteiger charge is 2.30. The maximum absolute atomic E-state index is 10.2. The third kappa shape index (κ3) is 1.56. The number of carboxylic acids is 1. The van der Waals surface area contributed by atoms with Crippen molar-refractivity contribution in [3.63, 3.8) is 0 Å². The van der Waals surface area contributed by atoms with Crippen molar-refractivity contribution in [3.05, 3.63) is 0 Å². The predicted molar refractivity (Wildman–Crippen MR) is 35.9 cm³/mol. The molecule has 1 aliphatic rings. The Bertz CT molecular complexity index is 118. The van der Waals surface area contributed by atoms with E-state index in [0.29, 0.717) is 0 Å². The highest BCUT2D eigenvalue weighted by molar-refractivity contribution is 5.85. The van der Waals surface area contributed by atoms with Gasteiger partial charge in [-0.25, -0.2) is 0 Å². The Morgan fingerprint density at radius 1 is 1.78 bits per heavy atom. The molecule has 1 saturated heterocycles. The minimum absolute atomic E-state index is 0. The first-order valence-corrected chi connectivity index (χ1v) is 2.65. The summed E-state index contributed by atoms with van der Waals surface area (Å²) in [6.45, 7) is 0.928. The topological polar surface area (TPSA) is 40.5 Å². The van der Waals surface area contributed by atoms with Gasteiger partial charge in [0.25, 0.3) is 0 Å². The fraction of sp³-hybridized carbons (Fsp3) is 0.800. The summed E-state index contributed by atoms with van der Waals surface area (Å²) in [6.07, 6.45) is 0.811. The molecule has 9 heavy (non-hydrogen) atoms. The summed E-state index contributed by atoms with van der Waals surface area (Å²) < 4.78 is 0. The van der Waals surface area contributed by atoms with Gasteiger partial charge in [0.05, 0.1) is 0 Å². The van der Waals surface area contributed by atoms with Crippen LogP contribution >= 0.6 is 12.4 Å². The quantitative estimate of drug-likeness (QED) is 0.582. The van der Waals surface area contributed by atoms with Gasteiger partial charge in [-0.3, -0.25) is 9.69 Å². The third-order valence-electron chi connectivity index (χ3n) is 1.57. The molecule has 0 radical (unpaired) electrons. The maximum Gasteiger partial charge on any atom is 0.320 e. The molecule has 0 saturated carbocycles. The number of carboxylic acid groups (broad SMARTS) is 1. The zero-order valence-corrected chi connectivity index (χ0v) is 6.02. The summed E-state index contributed by atoms with van der Waals surface area (Å²) in [5.41, 5.74) is 0. The van der Waals surface area contributed by atoms with Crippen LogP contribution in [0.15, 0.2) is 0 Å². The molecule has 4 heteroatoms. The Morgan fingerprint density at radius 2 is 2.33 bits per heavy atom. The lowest BCUT2D eigenvalue weighted by Crippen LogP contribution is -2.49. The van der Waals surface area contributed by atoms with Gasteiger partial charge >= 0.3 is 5.97 Å². The van der Waals surface area contributed by atoms with Crippen molar-refractivity contribution in [3.8, 4) is 0 Å². The van der Waals surface area contributed by atoms with Crippen LogP contribution in [0.4, 0.5) is 0 Å². The van der Waals surface area contributed by atoms with Gasteiger partial charge in [0.2, 0.25) is 0 Å². The summed E-state index contributed by atoms with van der Waals surface area (Å²) in [7, 11) is 1.82. The first-order chi connectivity index (χ1) is 3.72. The lowest BCUT2D eigenvalue weighted by Gasteiger charge is -2.33. The maximum atomic E-state index is 10.2. The Kier molecular flexibility index (Phi) is 2.94. The van der Waals surface area contributed by atoms with Crippen molar-refractivity contribution in [2.45, 2.75) is 12.5 Å². The number of hydrogen-bond donors (Lipinski definition) is 1. The Hall–Kier alpha value is -0.280. The molecule has 0 aromatic carbocycles. The largest absolute Gasteiger partial charge is 0.480 e. The number of likely N-dealkylation sites (tertiary alicyclic amines) is 1. The molecule has 0 aliphatic carbocycles. The molecule has 0 unspecified atom stereocenters. The molecule has 0 bridgehead atoms. The molecule has 1 N–H and O–H groups in total. The van der Waals surface area contributed by atoms with Gasteiger partial charge in [0.1, 0.15) is 6.04 Å². The van der Waals surface area contributed by atoms with Crippen molar-refractivity contribution < 1.29 is 9.90 Å². The summed E-state index contributed by atoms with van der Waals surface area (Å²) in [4.78, 5) is 12.0. The molecule has 1 heterocycles. The van der Waals surface area contributed by atoms with E-state index in [1.54, 1.807) is 0 Å². The summed E-state index contributed by atoms with van der Waals surface area (Å²) >= 11 is 0. The van der Waals surface area contributed by atoms with Crippen LogP contribution < -0.4 is 0 Å². The molecule has 3 nitrogen and oxygen atoms in total. The zero-order valence-electron chi connectivity index (χ0n) is 5.20. The molecule has 1 rings (SSSR count). The van der Waals surface area contributed by atoms with Gasteiger partial charge in [-0.1, -0.05) is 0 Å². The minimum atomic E-state index is -0.696. The second kappa shape index (κ2) is 3.03. The van der Waals surface area contributed by atoms with Crippen LogP contribution in [0.25, 0.3) is 0 Å². The zero-order chi connectivity index (χ0) is 6.15. The van der Waals surface area contributed by atoms with Gasteiger partial charge in [0.15, 0.2) is 0 Å². The first kappa shape index (κ1) is 8.72. The molecular weight excluding hydrogens is 142 g/mol. The molecule has 1 fully saturated rings. The second-order valence-electron chi connectivity index (χ2n) is 2.12. The number of nitrogens with zero attached hydrogens (tertiary/aromatic N) is 1. The average molecular weight is 152 g/mol. The lowest BCUT2D eigenvalue weighted by atomic mass is 10.1. The molecule has 54 valence electrons. The van der Waals surface area contributed by atoms with E-state index in [1.165, 1.54) is 0 Å². The van der Waals surface area contributed by atoms with E-state index in [1.807, 2.05) is 11.9 Å². The van der Waals surface area contributed by atoms with Crippen LogP contribution in [0.5, 0.6) is 0 Å². The van der Waals surface area contributed by atoms with E-state index in [2.05, 4.69) is 0 Å². The van der Waals surface area contributed by atoms with E-state index >= 15 is 0 Å². The van der Waals surface area contributed by atoms with Crippen molar-refractivity contribution >= 4 is 18.4 Å². The Labute approximate surface area is 60.1 Å². The second-order valence-corrected chi connectivity index (χ2v) is 2.12. The van der Waals surface area contributed by atoms with Crippen LogP contribution in [0.1, 0.15) is 6.42 Å². The van der Waals surface area contributed by atoms with E-state index in [4.69, 9.17) is 5.11 Å². The number of likely N-dealkylation sites (N-methyl/N-ethyl adjacent to an activating group) is 1. The molecular formula is C5H10ClNO2. The smallest absolute Gasteiger partial charge is 0.320 e. The molecule has 0 spiro atoms. The monoisotopic (exact) mass is 151 g/mol. The van der Waals surface area contributed by atoms with E-state index < -0.39 is 5.97 Å². The van der Waals surface area contributed by atoms with Crippen molar-refractivity contribution in [2.24, 2.45) is 0 Å². The van der Waals surface area contributed by atoms with Crippen molar-refractivity contribution in [1.82, 2.24) is 4.90 Å². The minimum Gasteiger partial charge on any atom is -0.480 e. The van der Waals surface area contributed by atoms with Crippen molar-refractivity contribution in [2.75, 3.05) is 13.6 Å². The van der Waals surface area contributed by atoms with Gasteiger partial charge in [0, 0.05) is 6.54 Å². The molecule has 0 aromatic heterocycles. The highest BCUT2D eigenvalue weighted by Crippen LogP contribution is 2.13. The van der Waals surface area contributed by atoms with Crippen LogP contribution in [0.3, 0.4) is 0 Å².